The third-order valence-electron chi connectivity index (χ3n) is 1.65. The highest BCUT2D eigenvalue weighted by atomic mass is 16.6. The molecular formula is C8H8N4O2. The van der Waals surface area contributed by atoms with Crippen molar-refractivity contribution in [1.82, 2.24) is 0 Å². The van der Waals surface area contributed by atoms with Crippen LogP contribution in [0.5, 0.6) is 0 Å². The fraction of sp³-hybridized carbons (Fsp3) is 0.250. The Bertz CT molecular complexity index is 410. The van der Waals surface area contributed by atoms with E-state index in [0.29, 0.717) is 5.56 Å². The zero-order valence-electron chi connectivity index (χ0n) is 7.54. The second kappa shape index (κ2) is 4.25. The quantitative estimate of drug-likeness (QED) is 0.242. The summed E-state index contributed by atoms with van der Waals surface area (Å²) in [4.78, 5) is 12.6. The number of hydrogen-bond acceptors (Lipinski definition) is 3. The fourth-order valence-corrected chi connectivity index (χ4v) is 1.15. The SMILES string of the molecule is Cc1cc(CN=[N+]=[N-])cc([N+](=O)[O-])c1. The van der Waals surface area contributed by atoms with Crippen LogP contribution in [0.2, 0.25) is 0 Å². The molecule has 6 nitrogen and oxygen atoms in total. The third kappa shape index (κ3) is 2.46. The van der Waals surface area contributed by atoms with Gasteiger partial charge in [0.05, 0.1) is 11.5 Å². The van der Waals surface area contributed by atoms with Crippen LogP contribution < -0.4 is 0 Å². The molecule has 0 amide bonds. The molecule has 0 spiro atoms. The van der Waals surface area contributed by atoms with Crippen LogP contribution in [-0.4, -0.2) is 4.92 Å². The van der Waals surface area contributed by atoms with Crippen molar-refractivity contribution in [2.45, 2.75) is 13.5 Å². The lowest BCUT2D eigenvalue weighted by molar-refractivity contribution is -0.385. The molecule has 0 aliphatic heterocycles. The molecule has 1 aromatic rings. The van der Waals surface area contributed by atoms with Gasteiger partial charge in [-0.1, -0.05) is 11.2 Å². The minimum absolute atomic E-state index is 0.0214. The zero-order chi connectivity index (χ0) is 10.6. The molecule has 72 valence electrons. The maximum absolute atomic E-state index is 10.5. The number of aryl methyl sites for hydroxylation is 1. The second-order valence-electron chi connectivity index (χ2n) is 2.82. The molecular weight excluding hydrogens is 184 g/mol. The van der Waals surface area contributed by atoms with E-state index in [1.165, 1.54) is 12.1 Å². The van der Waals surface area contributed by atoms with Crippen molar-refractivity contribution < 1.29 is 4.92 Å². The van der Waals surface area contributed by atoms with Gasteiger partial charge in [0.25, 0.3) is 5.69 Å². The first-order valence-corrected chi connectivity index (χ1v) is 3.89. The van der Waals surface area contributed by atoms with Crippen LogP contribution in [0.25, 0.3) is 10.4 Å². The lowest BCUT2D eigenvalue weighted by Crippen LogP contribution is -1.91. The minimum Gasteiger partial charge on any atom is -0.258 e. The predicted molar refractivity (Wildman–Crippen MR) is 50.7 cm³/mol. The molecule has 0 radical (unpaired) electrons. The summed E-state index contributed by atoms with van der Waals surface area (Å²) in [6.07, 6.45) is 0. The van der Waals surface area contributed by atoms with Gasteiger partial charge in [-0.25, -0.2) is 0 Å². The molecule has 1 rings (SSSR count). The highest BCUT2D eigenvalue weighted by Gasteiger charge is 2.06. The molecule has 0 atom stereocenters. The molecule has 0 saturated heterocycles. The van der Waals surface area contributed by atoms with Crippen molar-refractivity contribution >= 4 is 5.69 Å². The highest BCUT2D eigenvalue weighted by Crippen LogP contribution is 2.17. The van der Waals surface area contributed by atoms with E-state index in [1.54, 1.807) is 13.0 Å². The Kier molecular flexibility index (Phi) is 3.04. The van der Waals surface area contributed by atoms with E-state index in [4.69, 9.17) is 5.53 Å². The van der Waals surface area contributed by atoms with E-state index < -0.39 is 4.92 Å². The number of benzene rings is 1. The minimum atomic E-state index is -0.466. The molecule has 0 aliphatic rings. The summed E-state index contributed by atoms with van der Waals surface area (Å²) in [5.41, 5.74) is 9.55. The maximum atomic E-state index is 10.5. The zero-order valence-corrected chi connectivity index (χ0v) is 7.54. The molecule has 0 N–H and O–H groups in total. The van der Waals surface area contributed by atoms with Crippen LogP contribution in [0, 0.1) is 17.0 Å². The number of nitrogens with zero attached hydrogens (tertiary/aromatic N) is 4. The Labute approximate surface area is 79.9 Å². The maximum Gasteiger partial charge on any atom is 0.269 e. The normalized spacial score (nSPS) is 9.21. The van der Waals surface area contributed by atoms with Gasteiger partial charge < -0.3 is 0 Å². The fourth-order valence-electron chi connectivity index (χ4n) is 1.15. The largest absolute Gasteiger partial charge is 0.269 e. The van der Waals surface area contributed by atoms with Gasteiger partial charge in [0.1, 0.15) is 0 Å². The van der Waals surface area contributed by atoms with Gasteiger partial charge in [0.2, 0.25) is 0 Å². The van der Waals surface area contributed by atoms with Crippen molar-refractivity contribution in [2.75, 3.05) is 0 Å². The number of rotatable bonds is 3. The summed E-state index contributed by atoms with van der Waals surface area (Å²) in [5.74, 6) is 0. The van der Waals surface area contributed by atoms with Gasteiger partial charge >= 0.3 is 0 Å². The molecule has 0 saturated carbocycles. The summed E-state index contributed by atoms with van der Waals surface area (Å²) in [7, 11) is 0. The first-order chi connectivity index (χ1) is 6.63. The monoisotopic (exact) mass is 192 g/mol. The van der Waals surface area contributed by atoms with Crippen LogP contribution in [0.4, 0.5) is 5.69 Å². The molecule has 0 heterocycles. The topological polar surface area (TPSA) is 91.9 Å². The summed E-state index contributed by atoms with van der Waals surface area (Å²) in [5, 5.41) is 13.8. The van der Waals surface area contributed by atoms with Gasteiger partial charge in [-0.15, -0.1) is 0 Å². The van der Waals surface area contributed by atoms with Crippen LogP contribution in [0.1, 0.15) is 11.1 Å². The summed E-state index contributed by atoms with van der Waals surface area (Å²) in [6, 6.07) is 4.63. The van der Waals surface area contributed by atoms with Crippen molar-refractivity contribution in [2.24, 2.45) is 5.11 Å². The van der Waals surface area contributed by atoms with Gasteiger partial charge in [-0.3, -0.25) is 10.1 Å². The summed E-state index contributed by atoms with van der Waals surface area (Å²) >= 11 is 0. The van der Waals surface area contributed by atoms with E-state index in [9.17, 15) is 10.1 Å². The first kappa shape index (κ1) is 10.0. The first-order valence-electron chi connectivity index (χ1n) is 3.89. The van der Waals surface area contributed by atoms with Crippen molar-refractivity contribution in [3.05, 3.63) is 49.9 Å². The van der Waals surface area contributed by atoms with Crippen LogP contribution in [-0.2, 0) is 6.54 Å². The molecule has 0 aliphatic carbocycles. The van der Waals surface area contributed by atoms with E-state index in [-0.39, 0.29) is 12.2 Å². The molecule has 0 bridgehead atoms. The highest BCUT2D eigenvalue weighted by molar-refractivity contribution is 5.38. The Hall–Kier alpha value is -2.07. The lowest BCUT2D eigenvalue weighted by Gasteiger charge is -1.98. The van der Waals surface area contributed by atoms with Gasteiger partial charge in [-0.2, -0.15) is 0 Å². The number of azide groups is 1. The summed E-state index contributed by atoms with van der Waals surface area (Å²) < 4.78 is 0. The van der Waals surface area contributed by atoms with Crippen molar-refractivity contribution in [3.8, 4) is 0 Å². The summed E-state index contributed by atoms with van der Waals surface area (Å²) in [6.45, 7) is 1.89. The van der Waals surface area contributed by atoms with Crippen molar-refractivity contribution in [3.63, 3.8) is 0 Å². The predicted octanol–water partition coefficient (Wildman–Crippen LogP) is 2.71. The van der Waals surface area contributed by atoms with Crippen molar-refractivity contribution in [1.29, 1.82) is 0 Å². The Balaban J connectivity index is 3.06. The Morgan fingerprint density at radius 3 is 2.86 bits per heavy atom. The van der Waals surface area contributed by atoms with Gasteiger partial charge in [0.15, 0.2) is 0 Å². The molecule has 6 heteroatoms. The number of nitro benzene ring substituents is 1. The smallest absolute Gasteiger partial charge is 0.258 e. The molecule has 1 aromatic carbocycles. The average Bonchev–Trinajstić information content (AvgIpc) is 2.14. The van der Waals surface area contributed by atoms with Gasteiger partial charge in [-0.05, 0) is 23.6 Å². The third-order valence-corrected chi connectivity index (χ3v) is 1.65. The number of nitro groups is 1. The standard InChI is InChI=1S/C8H8N4O2/c1-6-2-7(5-10-11-9)4-8(3-6)12(13)14/h2-4H,5H2,1H3. The number of hydrogen-bond donors (Lipinski definition) is 0. The van der Waals surface area contributed by atoms with Crippen LogP contribution >= 0.6 is 0 Å². The van der Waals surface area contributed by atoms with Crippen LogP contribution in [0.3, 0.4) is 0 Å². The van der Waals surface area contributed by atoms with Gasteiger partial charge in [0, 0.05) is 17.0 Å². The Morgan fingerprint density at radius 2 is 2.29 bits per heavy atom. The van der Waals surface area contributed by atoms with E-state index in [1.807, 2.05) is 0 Å². The van der Waals surface area contributed by atoms with E-state index in [2.05, 4.69) is 10.0 Å². The van der Waals surface area contributed by atoms with E-state index >= 15 is 0 Å². The molecule has 14 heavy (non-hydrogen) atoms. The molecule has 0 aromatic heterocycles. The second-order valence-corrected chi connectivity index (χ2v) is 2.82. The molecule has 0 unspecified atom stereocenters. The Morgan fingerprint density at radius 1 is 1.57 bits per heavy atom. The average molecular weight is 192 g/mol. The van der Waals surface area contributed by atoms with E-state index in [0.717, 1.165) is 5.56 Å². The lowest BCUT2D eigenvalue weighted by atomic mass is 10.1. The van der Waals surface area contributed by atoms with Crippen LogP contribution in [0.15, 0.2) is 23.3 Å². The molecule has 0 fully saturated rings. The number of non-ortho nitro benzene ring substituents is 1.